The molecule has 3 heterocycles. The molecule has 3 rings (SSSR count). The number of piperidine rings is 1. The highest BCUT2D eigenvalue weighted by Crippen LogP contribution is 2.30. The zero-order valence-corrected chi connectivity index (χ0v) is 19.6. The van der Waals surface area contributed by atoms with Crippen LogP contribution in [-0.2, 0) is 9.53 Å². The van der Waals surface area contributed by atoms with Gasteiger partial charge in [-0.3, -0.25) is 9.59 Å². The number of amides is 2. The molecule has 0 bridgehead atoms. The maximum atomic E-state index is 12.7. The van der Waals surface area contributed by atoms with Crippen LogP contribution in [0.5, 0.6) is 0 Å². The topological polar surface area (TPSA) is 87.1 Å². The number of hydrogen-bond acceptors (Lipinski definition) is 7. The lowest BCUT2D eigenvalue weighted by molar-refractivity contribution is -0.116. The van der Waals surface area contributed by atoms with Gasteiger partial charge >= 0.3 is 0 Å². The molecular formula is C20H28ClN5O3S. The summed E-state index contributed by atoms with van der Waals surface area (Å²) in [5, 5.41) is 4.30. The second-order valence-electron chi connectivity index (χ2n) is 7.68. The fraction of sp³-hybridized carbons (Fsp3) is 0.600. The Labute approximate surface area is 185 Å². The summed E-state index contributed by atoms with van der Waals surface area (Å²) in [5.74, 6) is -0.237. The van der Waals surface area contributed by atoms with Gasteiger partial charge in [0.25, 0.3) is 11.8 Å². The van der Waals surface area contributed by atoms with Crippen molar-refractivity contribution in [3.05, 3.63) is 21.3 Å². The number of aryl methyl sites for hydroxylation is 1. The number of aliphatic imine (C=N–C) groups is 1. The molecule has 0 spiro atoms. The van der Waals surface area contributed by atoms with E-state index in [9.17, 15) is 9.59 Å². The summed E-state index contributed by atoms with van der Waals surface area (Å²) in [5.41, 5.74) is 2.17. The summed E-state index contributed by atoms with van der Waals surface area (Å²) in [6, 6.07) is -0.130. The van der Waals surface area contributed by atoms with E-state index in [2.05, 4.69) is 20.2 Å². The van der Waals surface area contributed by atoms with Gasteiger partial charge in [0, 0.05) is 40.7 Å². The molecule has 1 N–H and O–H groups in total. The zero-order chi connectivity index (χ0) is 22.0. The van der Waals surface area contributed by atoms with Crippen LogP contribution in [0.4, 0.5) is 5.13 Å². The Morgan fingerprint density at radius 3 is 2.73 bits per heavy atom. The van der Waals surface area contributed by atoms with E-state index in [1.807, 2.05) is 13.8 Å². The molecule has 0 radical (unpaired) electrons. The van der Waals surface area contributed by atoms with Crippen LogP contribution in [0.1, 0.15) is 41.6 Å². The molecule has 2 amide bonds. The Balaban J connectivity index is 1.65. The van der Waals surface area contributed by atoms with Crippen LogP contribution in [0.15, 0.2) is 15.7 Å². The predicted molar refractivity (Wildman–Crippen MR) is 120 cm³/mol. The van der Waals surface area contributed by atoms with Crippen LogP contribution in [0.25, 0.3) is 0 Å². The number of nitrogens with one attached hydrogen (secondary N) is 1. The molecule has 164 valence electrons. The Morgan fingerprint density at radius 1 is 1.40 bits per heavy atom. The van der Waals surface area contributed by atoms with Crippen molar-refractivity contribution in [2.75, 3.05) is 39.2 Å². The third-order valence-electron chi connectivity index (χ3n) is 5.43. The van der Waals surface area contributed by atoms with Crippen molar-refractivity contribution in [2.45, 2.75) is 45.3 Å². The largest absolute Gasteiger partial charge is 0.377 e. The summed E-state index contributed by atoms with van der Waals surface area (Å²) >= 11 is 7.50. The summed E-state index contributed by atoms with van der Waals surface area (Å²) in [7, 11) is 5.11. The smallest absolute Gasteiger partial charge is 0.266 e. The second kappa shape index (κ2) is 9.45. The fourth-order valence-corrected chi connectivity index (χ4v) is 5.00. The summed E-state index contributed by atoms with van der Waals surface area (Å²) < 4.78 is 5.67. The monoisotopic (exact) mass is 453 g/mol. The van der Waals surface area contributed by atoms with E-state index in [0.29, 0.717) is 41.7 Å². The van der Waals surface area contributed by atoms with E-state index >= 15 is 0 Å². The van der Waals surface area contributed by atoms with Gasteiger partial charge in [-0.25, -0.2) is 9.98 Å². The van der Waals surface area contributed by atoms with E-state index in [1.165, 1.54) is 11.3 Å². The molecule has 2 aliphatic heterocycles. The lowest BCUT2D eigenvalue weighted by atomic mass is 10.0. The second-order valence-corrected chi connectivity index (χ2v) is 9.02. The van der Waals surface area contributed by atoms with E-state index < -0.39 is 0 Å². The van der Waals surface area contributed by atoms with Crippen molar-refractivity contribution in [3.8, 4) is 0 Å². The van der Waals surface area contributed by atoms with Crippen LogP contribution in [0.3, 0.4) is 0 Å². The third-order valence-corrected chi connectivity index (χ3v) is 6.99. The van der Waals surface area contributed by atoms with Gasteiger partial charge in [-0.2, -0.15) is 0 Å². The molecule has 10 heteroatoms. The van der Waals surface area contributed by atoms with E-state index in [0.717, 1.165) is 22.8 Å². The molecule has 2 atom stereocenters. The van der Waals surface area contributed by atoms with Gasteiger partial charge in [-0.15, -0.1) is 0 Å². The van der Waals surface area contributed by atoms with Crippen LogP contribution in [-0.4, -0.2) is 73.9 Å². The molecule has 0 saturated carbocycles. The number of carbonyl (C=O) groups is 2. The van der Waals surface area contributed by atoms with E-state index in [-0.39, 0.29) is 24.0 Å². The zero-order valence-electron chi connectivity index (χ0n) is 18.0. The quantitative estimate of drug-likeness (QED) is 0.669. The minimum Gasteiger partial charge on any atom is -0.377 e. The van der Waals surface area contributed by atoms with Gasteiger partial charge in [0.15, 0.2) is 5.13 Å². The Bertz CT molecular complexity index is 895. The average molecular weight is 454 g/mol. The molecule has 30 heavy (non-hydrogen) atoms. The molecule has 2 aliphatic rings. The van der Waals surface area contributed by atoms with Gasteiger partial charge in [-0.05, 0) is 25.3 Å². The summed E-state index contributed by atoms with van der Waals surface area (Å²) in [6.07, 6.45) is 1.79. The molecule has 1 unspecified atom stereocenters. The van der Waals surface area contributed by atoms with Crippen molar-refractivity contribution >= 4 is 45.6 Å². The van der Waals surface area contributed by atoms with Crippen LogP contribution >= 0.6 is 22.9 Å². The summed E-state index contributed by atoms with van der Waals surface area (Å²) in [6.45, 7) is 5.14. The number of rotatable bonds is 6. The number of hydrogen-bond donors (Lipinski definition) is 1. The van der Waals surface area contributed by atoms with Gasteiger partial charge in [0.2, 0.25) is 0 Å². The Morgan fingerprint density at radius 2 is 2.13 bits per heavy atom. The highest BCUT2D eigenvalue weighted by Gasteiger charge is 2.34. The molecule has 1 fully saturated rings. The summed E-state index contributed by atoms with van der Waals surface area (Å²) in [4.78, 5) is 38.1. The molecule has 0 aromatic carbocycles. The van der Waals surface area contributed by atoms with Crippen LogP contribution in [0.2, 0.25) is 0 Å². The van der Waals surface area contributed by atoms with Gasteiger partial charge in [0.05, 0.1) is 17.8 Å². The first-order valence-corrected chi connectivity index (χ1v) is 11.2. The van der Waals surface area contributed by atoms with Crippen molar-refractivity contribution in [1.29, 1.82) is 0 Å². The first-order chi connectivity index (χ1) is 14.2. The van der Waals surface area contributed by atoms with Gasteiger partial charge in [-0.1, -0.05) is 29.9 Å². The van der Waals surface area contributed by atoms with Gasteiger partial charge in [0.1, 0.15) is 15.7 Å². The molecule has 1 aromatic rings. The molecule has 0 aliphatic carbocycles. The highest BCUT2D eigenvalue weighted by atomic mass is 35.5. The first-order valence-electron chi connectivity index (χ1n) is 9.97. The van der Waals surface area contributed by atoms with E-state index in [4.69, 9.17) is 16.3 Å². The van der Waals surface area contributed by atoms with E-state index in [1.54, 1.807) is 26.1 Å². The minimum absolute atomic E-state index is 0.0438. The first kappa shape index (κ1) is 22.7. The number of allylic oxidation sites excluding steroid dienone is 1. The van der Waals surface area contributed by atoms with Crippen molar-refractivity contribution in [1.82, 2.24) is 15.2 Å². The number of methoxy groups -OCH3 is 1. The van der Waals surface area contributed by atoms with Crippen LogP contribution < -0.4 is 10.2 Å². The Hall–Kier alpha value is -1.97. The lowest BCUT2D eigenvalue weighted by Crippen LogP contribution is -2.55. The predicted octanol–water partition coefficient (Wildman–Crippen LogP) is 2.57. The number of halogens is 1. The maximum Gasteiger partial charge on any atom is 0.266 e. The molecular weight excluding hydrogens is 426 g/mol. The van der Waals surface area contributed by atoms with Crippen LogP contribution in [0, 0.1) is 6.92 Å². The highest BCUT2D eigenvalue weighted by molar-refractivity contribution is 7.17. The number of ether oxygens (including phenoxy) is 1. The minimum atomic E-state index is -0.198. The SMILES string of the molecule is CCC1=C(Cl)N=C(C(=O)NC2CCN(c3nc(C)c(C(=O)N(C)C)s3)C[C@@H]2OC)C1. The molecule has 8 nitrogen and oxygen atoms in total. The van der Waals surface area contributed by atoms with Crippen molar-refractivity contribution in [2.24, 2.45) is 4.99 Å². The van der Waals surface area contributed by atoms with Crippen molar-refractivity contribution < 1.29 is 14.3 Å². The Kier molecular flexibility index (Phi) is 7.15. The fourth-order valence-electron chi connectivity index (χ4n) is 3.58. The molecule has 1 aromatic heterocycles. The maximum absolute atomic E-state index is 12.7. The van der Waals surface area contributed by atoms with Gasteiger partial charge < -0.3 is 19.9 Å². The third kappa shape index (κ3) is 4.68. The number of carbonyl (C=O) groups excluding carboxylic acids is 2. The number of nitrogens with zero attached hydrogens (tertiary/aromatic N) is 4. The number of anilines is 1. The normalized spacial score (nSPS) is 21.7. The molecule has 1 saturated heterocycles. The average Bonchev–Trinajstić information content (AvgIpc) is 3.30. The lowest BCUT2D eigenvalue weighted by Gasteiger charge is -2.38. The standard InChI is InChI=1S/C20H28ClN5O3S/c1-6-12-9-14(23-17(12)21)18(27)24-13-7-8-26(10-15(13)29-5)20-22-11(2)16(30-20)19(28)25(3)4/h13,15H,6-10H2,1-5H3,(H,24,27)/t13?,15-/m0/s1. The van der Waals surface area contributed by atoms with Crippen molar-refractivity contribution in [3.63, 3.8) is 0 Å². The number of thiazole rings is 1. The number of aromatic nitrogens is 1.